The van der Waals surface area contributed by atoms with Crippen molar-refractivity contribution in [3.05, 3.63) is 113 Å². The summed E-state index contributed by atoms with van der Waals surface area (Å²) in [6.07, 6.45) is 7.66. The summed E-state index contributed by atoms with van der Waals surface area (Å²) in [5, 5.41) is 3.71. The number of hydrogen-bond acceptors (Lipinski definition) is 3. The normalized spacial score (nSPS) is 14.8. The molecule has 6 heteroatoms. The Hall–Kier alpha value is -3.70. The van der Waals surface area contributed by atoms with Gasteiger partial charge in [0.1, 0.15) is 6.04 Å². The predicted octanol–water partition coefficient (Wildman–Crippen LogP) is 6.61. The second-order valence-corrected chi connectivity index (χ2v) is 9.84. The number of amides is 2. The smallest absolute Gasteiger partial charge is 0.252 e. The van der Waals surface area contributed by atoms with Crippen LogP contribution in [0.4, 0.5) is 5.69 Å². The van der Waals surface area contributed by atoms with E-state index in [2.05, 4.69) is 5.32 Å². The van der Waals surface area contributed by atoms with Gasteiger partial charge in [0, 0.05) is 28.4 Å². The molecule has 4 rings (SSSR count). The maximum absolute atomic E-state index is 13.8. The highest BCUT2D eigenvalue weighted by atomic mass is 35.5. The van der Waals surface area contributed by atoms with Crippen LogP contribution in [0.3, 0.4) is 0 Å². The van der Waals surface area contributed by atoms with E-state index in [9.17, 15) is 14.4 Å². The van der Waals surface area contributed by atoms with Crippen LogP contribution >= 0.6 is 11.6 Å². The lowest BCUT2D eigenvalue weighted by Gasteiger charge is -2.33. The highest BCUT2D eigenvalue weighted by Gasteiger charge is 2.33. The van der Waals surface area contributed by atoms with Crippen molar-refractivity contribution in [1.82, 2.24) is 5.32 Å². The lowest BCUT2D eigenvalue weighted by atomic mass is 9.94. The fourth-order valence-electron chi connectivity index (χ4n) is 4.62. The van der Waals surface area contributed by atoms with Gasteiger partial charge >= 0.3 is 0 Å². The standard InChI is InChI=1S/C31H31ClN2O3/c1-22-12-14-23(15-13-22)28(35)20-21-29(36)34(27-10-6-3-7-11-27)30(24-16-18-25(32)19-17-24)31(37)33-26-8-4-2-5-9-26/h3,6-7,10-21,26,30H,2,4-5,8-9H2,1H3,(H,33,37)/b21-20+. The Morgan fingerprint density at radius 2 is 1.51 bits per heavy atom. The van der Waals surface area contributed by atoms with Crippen molar-refractivity contribution in [3.8, 4) is 0 Å². The van der Waals surface area contributed by atoms with E-state index in [1.807, 2.05) is 37.3 Å². The number of ketones is 1. The minimum Gasteiger partial charge on any atom is -0.351 e. The third kappa shape index (κ3) is 6.95. The maximum Gasteiger partial charge on any atom is 0.252 e. The number of rotatable bonds is 8. The third-order valence-electron chi connectivity index (χ3n) is 6.63. The zero-order valence-electron chi connectivity index (χ0n) is 20.9. The zero-order valence-corrected chi connectivity index (χ0v) is 21.7. The van der Waals surface area contributed by atoms with Crippen molar-refractivity contribution in [1.29, 1.82) is 0 Å². The van der Waals surface area contributed by atoms with E-state index in [1.165, 1.54) is 23.5 Å². The molecule has 0 bridgehead atoms. The highest BCUT2D eigenvalue weighted by molar-refractivity contribution is 6.30. The van der Waals surface area contributed by atoms with Crippen molar-refractivity contribution in [2.45, 2.75) is 51.1 Å². The summed E-state index contributed by atoms with van der Waals surface area (Å²) in [4.78, 5) is 41.7. The van der Waals surface area contributed by atoms with E-state index in [4.69, 9.17) is 11.6 Å². The Morgan fingerprint density at radius 1 is 0.865 bits per heavy atom. The summed E-state index contributed by atoms with van der Waals surface area (Å²) >= 11 is 6.13. The molecule has 1 aliphatic rings. The summed E-state index contributed by atoms with van der Waals surface area (Å²) < 4.78 is 0. The van der Waals surface area contributed by atoms with Gasteiger partial charge in [-0.15, -0.1) is 0 Å². The fraction of sp³-hybridized carbons (Fsp3) is 0.258. The first-order chi connectivity index (χ1) is 17.9. The average Bonchev–Trinajstić information content (AvgIpc) is 2.92. The van der Waals surface area contributed by atoms with Crippen LogP contribution in [0.1, 0.15) is 59.6 Å². The molecule has 1 saturated carbocycles. The van der Waals surface area contributed by atoms with Crippen molar-refractivity contribution < 1.29 is 14.4 Å². The molecule has 0 saturated heterocycles. The largest absolute Gasteiger partial charge is 0.351 e. The molecule has 1 unspecified atom stereocenters. The molecule has 37 heavy (non-hydrogen) atoms. The first-order valence-electron chi connectivity index (χ1n) is 12.7. The number of carbonyl (C=O) groups is 3. The number of nitrogens with zero attached hydrogens (tertiary/aromatic N) is 1. The van der Waals surface area contributed by atoms with Crippen LogP contribution in [0, 0.1) is 6.92 Å². The molecule has 0 aliphatic heterocycles. The van der Waals surface area contributed by atoms with Crippen molar-refractivity contribution in [3.63, 3.8) is 0 Å². The van der Waals surface area contributed by atoms with Crippen LogP contribution in [0.25, 0.3) is 0 Å². The molecule has 5 nitrogen and oxygen atoms in total. The number of para-hydroxylation sites is 1. The predicted molar refractivity (Wildman–Crippen MR) is 148 cm³/mol. The summed E-state index contributed by atoms with van der Waals surface area (Å²) in [6, 6.07) is 22.3. The minimum atomic E-state index is -0.937. The number of benzene rings is 3. The molecule has 3 aromatic carbocycles. The molecule has 1 aliphatic carbocycles. The number of aryl methyl sites for hydroxylation is 1. The second-order valence-electron chi connectivity index (χ2n) is 9.41. The Kier molecular flexibility index (Phi) is 8.91. The third-order valence-corrected chi connectivity index (χ3v) is 6.88. The van der Waals surface area contributed by atoms with Crippen LogP contribution in [0.5, 0.6) is 0 Å². The van der Waals surface area contributed by atoms with Crippen molar-refractivity contribution in [2.24, 2.45) is 0 Å². The summed E-state index contributed by atoms with van der Waals surface area (Å²) in [5.74, 6) is -1.01. The summed E-state index contributed by atoms with van der Waals surface area (Å²) in [6.45, 7) is 1.95. The molecular formula is C31H31ClN2O3. The van der Waals surface area contributed by atoms with Gasteiger partial charge in [-0.05, 0) is 55.7 Å². The number of halogens is 1. The van der Waals surface area contributed by atoms with E-state index in [-0.39, 0.29) is 17.7 Å². The van der Waals surface area contributed by atoms with E-state index in [0.29, 0.717) is 21.8 Å². The van der Waals surface area contributed by atoms with Gasteiger partial charge in [-0.1, -0.05) is 91.0 Å². The van der Waals surface area contributed by atoms with E-state index in [0.717, 1.165) is 31.2 Å². The molecule has 0 radical (unpaired) electrons. The lowest BCUT2D eigenvalue weighted by Crippen LogP contribution is -2.47. The van der Waals surface area contributed by atoms with Gasteiger partial charge in [0.2, 0.25) is 5.91 Å². The summed E-state index contributed by atoms with van der Waals surface area (Å²) in [7, 11) is 0. The minimum absolute atomic E-state index is 0.0717. The molecule has 0 heterocycles. The van der Waals surface area contributed by atoms with Crippen molar-refractivity contribution >= 4 is 34.9 Å². The van der Waals surface area contributed by atoms with Crippen LogP contribution < -0.4 is 10.2 Å². The average molecular weight is 515 g/mol. The number of carbonyl (C=O) groups excluding carboxylic acids is 3. The van der Waals surface area contributed by atoms with Gasteiger partial charge in [0.05, 0.1) is 0 Å². The van der Waals surface area contributed by atoms with Crippen LogP contribution in [-0.2, 0) is 9.59 Å². The lowest BCUT2D eigenvalue weighted by molar-refractivity contribution is -0.126. The quantitative estimate of drug-likeness (QED) is 0.271. The first kappa shape index (κ1) is 26.4. The van der Waals surface area contributed by atoms with Gasteiger partial charge in [-0.2, -0.15) is 0 Å². The van der Waals surface area contributed by atoms with Gasteiger partial charge < -0.3 is 5.32 Å². The highest BCUT2D eigenvalue weighted by Crippen LogP contribution is 2.30. The Morgan fingerprint density at radius 3 is 2.16 bits per heavy atom. The van der Waals surface area contributed by atoms with Crippen LogP contribution in [0.2, 0.25) is 5.02 Å². The van der Waals surface area contributed by atoms with Gasteiger partial charge in [-0.25, -0.2) is 0 Å². The number of hydrogen-bond donors (Lipinski definition) is 1. The number of anilines is 1. The zero-order chi connectivity index (χ0) is 26.2. The molecule has 1 fully saturated rings. The molecule has 3 aromatic rings. The molecule has 190 valence electrons. The first-order valence-corrected chi connectivity index (χ1v) is 13.0. The van der Waals surface area contributed by atoms with Gasteiger partial charge in [-0.3, -0.25) is 19.3 Å². The Bertz CT molecular complexity index is 1250. The van der Waals surface area contributed by atoms with Gasteiger partial charge in [0.15, 0.2) is 5.78 Å². The monoisotopic (exact) mass is 514 g/mol. The molecule has 1 N–H and O–H groups in total. The SMILES string of the molecule is Cc1ccc(C(=O)/C=C/C(=O)N(c2ccccc2)C(C(=O)NC2CCCCC2)c2ccc(Cl)cc2)cc1. The van der Waals surface area contributed by atoms with E-state index < -0.39 is 11.9 Å². The van der Waals surface area contributed by atoms with E-state index >= 15 is 0 Å². The molecule has 1 atom stereocenters. The Labute approximate surface area is 223 Å². The molecular weight excluding hydrogens is 484 g/mol. The maximum atomic E-state index is 13.8. The second kappa shape index (κ2) is 12.5. The topological polar surface area (TPSA) is 66.5 Å². The number of allylic oxidation sites excluding steroid dienone is 1. The molecule has 0 spiro atoms. The van der Waals surface area contributed by atoms with Gasteiger partial charge in [0.25, 0.3) is 5.91 Å². The molecule has 0 aromatic heterocycles. The van der Waals surface area contributed by atoms with E-state index in [1.54, 1.807) is 48.5 Å². The Balaban J connectivity index is 1.69. The molecule has 2 amide bonds. The summed E-state index contributed by atoms with van der Waals surface area (Å²) in [5.41, 5.74) is 2.72. The van der Waals surface area contributed by atoms with Crippen molar-refractivity contribution in [2.75, 3.05) is 4.90 Å². The number of nitrogens with one attached hydrogen (secondary N) is 1. The fourth-order valence-corrected chi connectivity index (χ4v) is 4.75. The van der Waals surface area contributed by atoms with Crippen LogP contribution in [-0.4, -0.2) is 23.6 Å². The van der Waals surface area contributed by atoms with Crippen LogP contribution in [0.15, 0.2) is 91.0 Å².